The highest BCUT2D eigenvalue weighted by atomic mass is 32.2. The van der Waals surface area contributed by atoms with Crippen molar-refractivity contribution >= 4 is 26.8 Å². The van der Waals surface area contributed by atoms with Crippen LogP contribution in [0.5, 0.6) is 0 Å². The maximum absolute atomic E-state index is 13.6. The van der Waals surface area contributed by atoms with Crippen LogP contribution in [0.25, 0.3) is 10.9 Å². The first-order chi connectivity index (χ1) is 15.2. The summed E-state index contributed by atoms with van der Waals surface area (Å²) in [5, 5.41) is 0.751. The molecule has 3 aromatic rings. The Hall–Kier alpha value is -2.71. The van der Waals surface area contributed by atoms with Crippen LogP contribution >= 0.6 is 0 Å². The second kappa shape index (κ2) is 10.3. The minimum Gasteiger partial charge on any atom is -0.353 e. The number of amides is 1. The molecule has 3 rings (SSSR count). The molecule has 0 aliphatic carbocycles. The van der Waals surface area contributed by atoms with Gasteiger partial charge < -0.3 is 9.47 Å². The molecule has 8 heteroatoms. The Morgan fingerprint density at radius 1 is 1.12 bits per heavy atom. The van der Waals surface area contributed by atoms with E-state index in [0.717, 1.165) is 11.1 Å². The number of aryl methyl sites for hydroxylation is 1. The molecule has 2 aromatic heterocycles. The lowest BCUT2D eigenvalue weighted by Gasteiger charge is -2.28. The van der Waals surface area contributed by atoms with Gasteiger partial charge in [-0.2, -0.15) is 4.31 Å². The lowest BCUT2D eigenvalue weighted by atomic mass is 10.2. The summed E-state index contributed by atoms with van der Waals surface area (Å²) in [4.78, 5) is 19.5. The zero-order valence-electron chi connectivity index (χ0n) is 19.2. The third kappa shape index (κ3) is 5.37. The summed E-state index contributed by atoms with van der Waals surface area (Å²) in [6.45, 7) is 7.06. The molecule has 172 valence electrons. The fourth-order valence-electron chi connectivity index (χ4n) is 3.76. The van der Waals surface area contributed by atoms with Crippen molar-refractivity contribution in [3.05, 3.63) is 60.6 Å². The Morgan fingerprint density at radius 3 is 2.53 bits per heavy atom. The second-order valence-electron chi connectivity index (χ2n) is 8.45. The van der Waals surface area contributed by atoms with Crippen molar-refractivity contribution in [2.24, 2.45) is 13.0 Å². The number of rotatable bonds is 10. The molecule has 32 heavy (non-hydrogen) atoms. The minimum absolute atomic E-state index is 0.134. The van der Waals surface area contributed by atoms with Gasteiger partial charge in [-0.15, -0.1) is 0 Å². The quantitative estimate of drug-likeness (QED) is 0.467. The smallest absolute Gasteiger partial charge is 0.245 e. The van der Waals surface area contributed by atoms with Crippen LogP contribution in [0.15, 0.2) is 59.8 Å². The molecule has 0 N–H and O–H groups in total. The van der Waals surface area contributed by atoms with Gasteiger partial charge in [0.05, 0.1) is 18.6 Å². The SMILES string of the molecule is CCCN(CC(=O)N(Cc1cccn1C)CC(C)C)S(=O)(=O)c1cccc2cccnc12. The highest BCUT2D eigenvalue weighted by Crippen LogP contribution is 2.24. The van der Waals surface area contributed by atoms with Gasteiger partial charge in [0.15, 0.2) is 0 Å². The van der Waals surface area contributed by atoms with Crippen molar-refractivity contribution in [1.29, 1.82) is 0 Å². The average Bonchev–Trinajstić information content (AvgIpc) is 3.16. The summed E-state index contributed by atoms with van der Waals surface area (Å²) < 4.78 is 30.5. The normalized spacial score (nSPS) is 12.1. The summed E-state index contributed by atoms with van der Waals surface area (Å²) in [6, 6.07) is 12.6. The Labute approximate surface area is 190 Å². The number of hydrogen-bond acceptors (Lipinski definition) is 4. The molecule has 0 aliphatic heterocycles. The van der Waals surface area contributed by atoms with Crippen molar-refractivity contribution in [2.75, 3.05) is 19.6 Å². The highest BCUT2D eigenvalue weighted by molar-refractivity contribution is 7.89. The Bertz CT molecular complexity index is 1170. The zero-order valence-corrected chi connectivity index (χ0v) is 20.0. The third-order valence-electron chi connectivity index (χ3n) is 5.34. The number of fused-ring (bicyclic) bond motifs is 1. The van der Waals surface area contributed by atoms with Gasteiger partial charge in [-0.25, -0.2) is 8.42 Å². The minimum atomic E-state index is -3.90. The van der Waals surface area contributed by atoms with E-state index in [1.807, 2.05) is 62.8 Å². The molecule has 0 bridgehead atoms. The number of carbonyl (C=O) groups is 1. The van der Waals surface area contributed by atoms with Gasteiger partial charge in [-0.3, -0.25) is 9.78 Å². The zero-order chi connectivity index (χ0) is 23.3. The number of aromatic nitrogens is 2. The van der Waals surface area contributed by atoms with E-state index >= 15 is 0 Å². The van der Waals surface area contributed by atoms with E-state index in [0.29, 0.717) is 25.0 Å². The molecular weight excluding hydrogens is 424 g/mol. The van der Waals surface area contributed by atoms with Crippen molar-refractivity contribution in [2.45, 2.75) is 38.6 Å². The first-order valence-electron chi connectivity index (χ1n) is 11.0. The van der Waals surface area contributed by atoms with Gasteiger partial charge in [0.25, 0.3) is 0 Å². The van der Waals surface area contributed by atoms with Crippen LogP contribution in [0.2, 0.25) is 0 Å². The number of pyridine rings is 1. The van der Waals surface area contributed by atoms with Crippen LogP contribution in [0.3, 0.4) is 0 Å². The fraction of sp³-hybridized carbons (Fsp3) is 0.417. The van der Waals surface area contributed by atoms with Gasteiger partial charge >= 0.3 is 0 Å². The van der Waals surface area contributed by atoms with Crippen molar-refractivity contribution in [3.8, 4) is 0 Å². The molecule has 7 nitrogen and oxygen atoms in total. The molecule has 0 atom stereocenters. The molecule has 0 fully saturated rings. The van der Waals surface area contributed by atoms with E-state index in [9.17, 15) is 13.2 Å². The van der Waals surface area contributed by atoms with Crippen LogP contribution in [0.1, 0.15) is 32.9 Å². The first-order valence-corrected chi connectivity index (χ1v) is 12.4. The van der Waals surface area contributed by atoms with Gasteiger partial charge in [0.1, 0.15) is 4.90 Å². The standard InChI is InChI=1S/C24H32N4O3S/c1-5-14-28(32(30,31)22-12-6-9-20-10-7-13-25-24(20)22)18-23(29)27(16-19(2)3)17-21-11-8-15-26(21)4/h6-13,15,19H,5,14,16-18H2,1-4H3. The number of benzene rings is 1. The summed E-state index contributed by atoms with van der Waals surface area (Å²) in [5.74, 6) is 0.0582. The predicted molar refractivity (Wildman–Crippen MR) is 126 cm³/mol. The van der Waals surface area contributed by atoms with Crippen LogP contribution < -0.4 is 0 Å². The second-order valence-corrected chi connectivity index (χ2v) is 10.4. The van der Waals surface area contributed by atoms with Crippen LogP contribution in [0.4, 0.5) is 0 Å². The van der Waals surface area contributed by atoms with Crippen LogP contribution in [-0.2, 0) is 28.4 Å². The summed E-state index contributed by atoms with van der Waals surface area (Å²) in [7, 11) is -1.96. The van der Waals surface area contributed by atoms with E-state index in [1.54, 1.807) is 29.3 Å². The van der Waals surface area contributed by atoms with Gasteiger partial charge in [0, 0.05) is 43.6 Å². The number of hydrogen-bond donors (Lipinski definition) is 0. The molecule has 0 unspecified atom stereocenters. The monoisotopic (exact) mass is 456 g/mol. The Kier molecular flexibility index (Phi) is 7.69. The fourth-order valence-corrected chi connectivity index (χ4v) is 5.41. The van der Waals surface area contributed by atoms with E-state index < -0.39 is 10.0 Å². The van der Waals surface area contributed by atoms with E-state index in [2.05, 4.69) is 4.98 Å². The molecule has 0 saturated heterocycles. The van der Waals surface area contributed by atoms with Crippen LogP contribution in [0, 0.1) is 5.92 Å². The van der Waals surface area contributed by atoms with E-state index in [-0.39, 0.29) is 29.8 Å². The van der Waals surface area contributed by atoms with Crippen molar-refractivity contribution in [3.63, 3.8) is 0 Å². The van der Waals surface area contributed by atoms with E-state index in [1.165, 1.54) is 4.31 Å². The van der Waals surface area contributed by atoms with Gasteiger partial charge in [-0.1, -0.05) is 39.0 Å². The molecule has 1 aromatic carbocycles. The molecule has 2 heterocycles. The maximum Gasteiger partial charge on any atom is 0.245 e. The van der Waals surface area contributed by atoms with E-state index in [4.69, 9.17) is 0 Å². The highest BCUT2D eigenvalue weighted by Gasteiger charge is 2.30. The molecule has 0 spiro atoms. The number of sulfonamides is 1. The molecule has 0 aliphatic rings. The number of para-hydroxylation sites is 1. The van der Waals surface area contributed by atoms with Gasteiger partial charge in [-0.05, 0) is 36.6 Å². The molecule has 1 amide bonds. The summed E-state index contributed by atoms with van der Waals surface area (Å²) >= 11 is 0. The number of nitrogens with zero attached hydrogens (tertiary/aromatic N) is 4. The molecular formula is C24H32N4O3S. The predicted octanol–water partition coefficient (Wildman–Crippen LogP) is 3.66. The average molecular weight is 457 g/mol. The Morgan fingerprint density at radius 2 is 1.88 bits per heavy atom. The van der Waals surface area contributed by atoms with Gasteiger partial charge in [0.2, 0.25) is 15.9 Å². The van der Waals surface area contributed by atoms with Crippen molar-refractivity contribution < 1.29 is 13.2 Å². The summed E-state index contributed by atoms with van der Waals surface area (Å²) in [5.41, 5.74) is 1.42. The Balaban J connectivity index is 1.91. The lowest BCUT2D eigenvalue weighted by Crippen LogP contribution is -2.44. The lowest BCUT2D eigenvalue weighted by molar-refractivity contribution is -0.132. The van der Waals surface area contributed by atoms with Crippen molar-refractivity contribution in [1.82, 2.24) is 18.8 Å². The van der Waals surface area contributed by atoms with Crippen LogP contribution in [-0.4, -0.2) is 52.7 Å². The molecule has 0 saturated carbocycles. The number of carbonyl (C=O) groups excluding carboxylic acids is 1. The summed E-state index contributed by atoms with van der Waals surface area (Å²) in [6.07, 6.45) is 4.13. The maximum atomic E-state index is 13.6. The third-order valence-corrected chi connectivity index (χ3v) is 7.22. The first kappa shape index (κ1) is 23.9. The topological polar surface area (TPSA) is 75.5 Å². The molecule has 0 radical (unpaired) electrons. The largest absolute Gasteiger partial charge is 0.353 e.